The van der Waals surface area contributed by atoms with Crippen LogP contribution in [0, 0.1) is 6.92 Å². The second-order valence-corrected chi connectivity index (χ2v) is 3.76. The minimum absolute atomic E-state index is 0.0586. The van der Waals surface area contributed by atoms with Crippen LogP contribution in [0.5, 0.6) is 0 Å². The number of hydrogen-bond donors (Lipinski definition) is 1. The number of aromatic nitrogens is 2. The van der Waals surface area contributed by atoms with E-state index in [1.807, 2.05) is 0 Å². The Balaban J connectivity index is 2.32. The molecule has 2 N–H and O–H groups in total. The summed E-state index contributed by atoms with van der Waals surface area (Å²) in [5.74, 6) is 0.221. The van der Waals surface area contributed by atoms with Crippen molar-refractivity contribution in [2.75, 3.05) is 5.73 Å². The predicted molar refractivity (Wildman–Crippen MR) is 65.8 cm³/mol. The van der Waals surface area contributed by atoms with Gasteiger partial charge in [0.25, 0.3) is 6.43 Å². The fourth-order valence-electron chi connectivity index (χ4n) is 1.55. The highest BCUT2D eigenvalue weighted by atomic mass is 19.3. The van der Waals surface area contributed by atoms with E-state index < -0.39 is 6.43 Å². The molecule has 0 aliphatic rings. The summed E-state index contributed by atoms with van der Waals surface area (Å²) < 4.78 is 26.8. The van der Waals surface area contributed by atoms with Gasteiger partial charge in [-0.25, -0.2) is 18.4 Å². The summed E-state index contributed by atoms with van der Waals surface area (Å²) in [5, 5.41) is 4.01. The van der Waals surface area contributed by atoms with Crippen molar-refractivity contribution in [1.82, 2.24) is 9.66 Å². The number of rotatable bonds is 3. The van der Waals surface area contributed by atoms with Crippen molar-refractivity contribution in [1.29, 1.82) is 0 Å². The van der Waals surface area contributed by atoms with Crippen LogP contribution >= 0.6 is 0 Å². The largest absolute Gasteiger partial charge is 0.368 e. The highest BCUT2D eigenvalue weighted by Gasteiger charge is 2.10. The second kappa shape index (κ2) is 4.95. The first-order valence-corrected chi connectivity index (χ1v) is 5.31. The zero-order valence-electron chi connectivity index (χ0n) is 9.72. The molecule has 0 spiro atoms. The van der Waals surface area contributed by atoms with Gasteiger partial charge in [0.1, 0.15) is 0 Å². The minimum Gasteiger partial charge on any atom is -0.368 e. The van der Waals surface area contributed by atoms with Gasteiger partial charge in [0, 0.05) is 11.1 Å². The Hall–Kier alpha value is -2.24. The van der Waals surface area contributed by atoms with Crippen LogP contribution in [0.3, 0.4) is 0 Å². The maximum atomic E-state index is 12.7. The monoisotopic (exact) mass is 250 g/mol. The molecule has 18 heavy (non-hydrogen) atoms. The van der Waals surface area contributed by atoms with Crippen LogP contribution in [0.25, 0.3) is 0 Å². The molecule has 0 radical (unpaired) electrons. The Morgan fingerprint density at radius 3 is 2.72 bits per heavy atom. The number of anilines is 1. The summed E-state index contributed by atoms with van der Waals surface area (Å²) in [6, 6.07) is 6.18. The first-order valence-electron chi connectivity index (χ1n) is 5.31. The molecule has 0 bridgehead atoms. The highest BCUT2D eigenvalue weighted by Crippen LogP contribution is 2.21. The van der Waals surface area contributed by atoms with Crippen LogP contribution in [0.4, 0.5) is 14.7 Å². The molecule has 0 saturated carbocycles. The average molecular weight is 250 g/mol. The van der Waals surface area contributed by atoms with Crippen molar-refractivity contribution in [3.05, 3.63) is 47.3 Å². The number of aryl methyl sites for hydroxylation is 1. The molecule has 0 unspecified atom stereocenters. The fraction of sp³-hybridized carbons (Fsp3) is 0.167. The van der Waals surface area contributed by atoms with Crippen molar-refractivity contribution in [2.24, 2.45) is 5.10 Å². The van der Waals surface area contributed by atoms with Crippen molar-refractivity contribution < 1.29 is 8.78 Å². The van der Waals surface area contributed by atoms with Gasteiger partial charge in [-0.05, 0) is 6.92 Å². The molecule has 94 valence electrons. The molecule has 0 amide bonds. The molecule has 0 saturated heterocycles. The SMILES string of the molecule is Cc1cn(N=Cc2ccccc2C(F)F)c(N)n1. The van der Waals surface area contributed by atoms with Crippen LogP contribution in [0.15, 0.2) is 35.6 Å². The summed E-state index contributed by atoms with van der Waals surface area (Å²) in [7, 11) is 0. The molecule has 0 fully saturated rings. The molecule has 4 nitrogen and oxygen atoms in total. The third-order valence-electron chi connectivity index (χ3n) is 2.39. The van der Waals surface area contributed by atoms with Gasteiger partial charge >= 0.3 is 0 Å². The van der Waals surface area contributed by atoms with Gasteiger partial charge in [-0.2, -0.15) is 5.10 Å². The Labute approximate surface area is 103 Å². The number of nitrogen functional groups attached to an aromatic ring is 1. The fourth-order valence-corrected chi connectivity index (χ4v) is 1.55. The molecule has 2 aromatic rings. The van der Waals surface area contributed by atoms with Crippen LogP contribution in [0.2, 0.25) is 0 Å². The van der Waals surface area contributed by atoms with Gasteiger partial charge in [0.15, 0.2) is 0 Å². The van der Waals surface area contributed by atoms with Crippen LogP contribution < -0.4 is 5.73 Å². The molecule has 6 heteroatoms. The number of nitrogens with zero attached hydrogens (tertiary/aromatic N) is 3. The Bertz CT molecular complexity index is 575. The van der Waals surface area contributed by atoms with E-state index in [1.54, 1.807) is 31.3 Å². The summed E-state index contributed by atoms with van der Waals surface area (Å²) in [4.78, 5) is 3.96. The lowest BCUT2D eigenvalue weighted by molar-refractivity contribution is 0.151. The first-order chi connectivity index (χ1) is 8.58. The number of imidazole rings is 1. The van der Waals surface area contributed by atoms with Gasteiger partial charge in [-0.1, -0.05) is 24.3 Å². The topological polar surface area (TPSA) is 56.2 Å². The number of nitrogens with two attached hydrogens (primary N) is 1. The van der Waals surface area contributed by atoms with Crippen molar-refractivity contribution >= 4 is 12.2 Å². The number of benzene rings is 1. The Kier molecular flexibility index (Phi) is 3.36. The molecule has 0 atom stereocenters. The highest BCUT2D eigenvalue weighted by molar-refractivity contribution is 5.81. The minimum atomic E-state index is -2.53. The maximum Gasteiger partial charge on any atom is 0.264 e. The van der Waals surface area contributed by atoms with Gasteiger partial charge in [0.2, 0.25) is 5.95 Å². The number of hydrogen-bond acceptors (Lipinski definition) is 3. The van der Waals surface area contributed by atoms with E-state index in [0.717, 1.165) is 0 Å². The van der Waals surface area contributed by atoms with Gasteiger partial charge in [-0.3, -0.25) is 0 Å². The maximum absolute atomic E-state index is 12.7. The molecule has 2 rings (SSSR count). The second-order valence-electron chi connectivity index (χ2n) is 3.76. The lowest BCUT2D eigenvalue weighted by Gasteiger charge is -2.03. The normalized spacial score (nSPS) is 11.6. The van der Waals surface area contributed by atoms with Gasteiger partial charge < -0.3 is 5.73 Å². The Morgan fingerprint density at radius 2 is 2.11 bits per heavy atom. The summed E-state index contributed by atoms with van der Waals surface area (Å²) >= 11 is 0. The van der Waals surface area contributed by atoms with Crippen LogP contribution in [-0.4, -0.2) is 15.9 Å². The van der Waals surface area contributed by atoms with E-state index in [1.165, 1.54) is 17.0 Å². The lowest BCUT2D eigenvalue weighted by Crippen LogP contribution is -1.98. The third kappa shape index (κ3) is 2.53. The molecular weight excluding hydrogens is 238 g/mol. The Morgan fingerprint density at radius 1 is 1.39 bits per heavy atom. The van der Waals surface area contributed by atoms with Crippen LogP contribution in [0.1, 0.15) is 23.2 Å². The van der Waals surface area contributed by atoms with E-state index in [4.69, 9.17) is 5.73 Å². The molecular formula is C12H12F2N4. The van der Waals surface area contributed by atoms with Crippen LogP contribution in [-0.2, 0) is 0 Å². The standard InChI is InChI=1S/C12H12F2N4/c1-8-7-18(12(15)17-8)16-6-9-4-2-3-5-10(9)11(13)14/h2-7,11H,1H3,(H2,15,17). The van der Waals surface area contributed by atoms with E-state index in [2.05, 4.69) is 10.1 Å². The summed E-state index contributed by atoms with van der Waals surface area (Å²) in [6.07, 6.45) is 0.435. The molecule has 1 heterocycles. The van der Waals surface area contributed by atoms with Crippen molar-refractivity contribution in [2.45, 2.75) is 13.3 Å². The van der Waals surface area contributed by atoms with E-state index in [9.17, 15) is 8.78 Å². The molecule has 1 aromatic heterocycles. The first kappa shape index (κ1) is 12.2. The van der Waals surface area contributed by atoms with E-state index >= 15 is 0 Å². The molecule has 0 aliphatic carbocycles. The lowest BCUT2D eigenvalue weighted by atomic mass is 10.1. The predicted octanol–water partition coefficient (Wildman–Crippen LogP) is 2.59. The van der Waals surface area contributed by atoms with Crippen molar-refractivity contribution in [3.63, 3.8) is 0 Å². The van der Waals surface area contributed by atoms with Crippen molar-refractivity contribution in [3.8, 4) is 0 Å². The zero-order valence-corrected chi connectivity index (χ0v) is 9.72. The molecule has 1 aromatic carbocycles. The summed E-state index contributed by atoms with van der Waals surface area (Å²) in [6.45, 7) is 1.77. The number of alkyl halides is 2. The van der Waals surface area contributed by atoms with Gasteiger partial charge in [-0.15, -0.1) is 0 Å². The van der Waals surface area contributed by atoms with E-state index in [0.29, 0.717) is 11.3 Å². The summed E-state index contributed by atoms with van der Waals surface area (Å²) in [5.41, 5.74) is 6.61. The quantitative estimate of drug-likeness (QED) is 0.851. The average Bonchev–Trinajstić information content (AvgIpc) is 2.65. The molecule has 0 aliphatic heterocycles. The smallest absolute Gasteiger partial charge is 0.264 e. The third-order valence-corrected chi connectivity index (χ3v) is 2.39. The van der Waals surface area contributed by atoms with E-state index in [-0.39, 0.29) is 11.5 Å². The zero-order chi connectivity index (χ0) is 13.1. The van der Waals surface area contributed by atoms with Gasteiger partial charge in [0.05, 0.1) is 18.1 Å². The number of halogens is 2.